The van der Waals surface area contributed by atoms with Gasteiger partial charge in [0.2, 0.25) is 0 Å². The van der Waals surface area contributed by atoms with Crippen LogP contribution in [-0.2, 0) is 6.54 Å². The molecule has 2 aromatic rings. The zero-order valence-corrected chi connectivity index (χ0v) is 11.2. The third-order valence-electron chi connectivity index (χ3n) is 2.45. The highest BCUT2D eigenvalue weighted by Gasteiger charge is 2.10. The van der Waals surface area contributed by atoms with Crippen LogP contribution in [-0.4, -0.2) is 30.8 Å². The quantitative estimate of drug-likeness (QED) is 0.877. The molecule has 0 aliphatic heterocycles. The lowest BCUT2D eigenvalue weighted by Gasteiger charge is -2.09. The van der Waals surface area contributed by atoms with E-state index in [0.717, 1.165) is 17.2 Å². The van der Waals surface area contributed by atoms with Gasteiger partial charge in [0.1, 0.15) is 12.2 Å². The Hall–Kier alpha value is -1.82. The summed E-state index contributed by atoms with van der Waals surface area (Å²) >= 11 is 0. The predicted molar refractivity (Wildman–Crippen MR) is 68.4 cm³/mol. The van der Waals surface area contributed by atoms with Gasteiger partial charge in [0.25, 0.3) is 5.95 Å². The van der Waals surface area contributed by atoms with Crippen LogP contribution in [0.2, 0.25) is 0 Å². The Kier molecular flexibility index (Phi) is 3.66. The molecule has 0 radical (unpaired) electrons. The van der Waals surface area contributed by atoms with E-state index < -0.39 is 0 Å². The molecule has 2 aromatic heterocycles. The van der Waals surface area contributed by atoms with Crippen molar-refractivity contribution in [2.45, 2.75) is 40.3 Å². The molecule has 0 amide bonds. The minimum absolute atomic E-state index is 0.398. The van der Waals surface area contributed by atoms with Gasteiger partial charge < -0.3 is 5.32 Å². The summed E-state index contributed by atoms with van der Waals surface area (Å²) in [5, 5.41) is 7.50. The van der Waals surface area contributed by atoms with Crippen molar-refractivity contribution in [1.29, 1.82) is 0 Å². The molecule has 6 nitrogen and oxygen atoms in total. The van der Waals surface area contributed by atoms with Crippen LogP contribution in [0.15, 0.2) is 12.4 Å². The zero-order valence-electron chi connectivity index (χ0n) is 11.2. The van der Waals surface area contributed by atoms with Crippen LogP contribution in [0.3, 0.4) is 0 Å². The topological polar surface area (TPSA) is 68.5 Å². The second-order valence-electron chi connectivity index (χ2n) is 4.57. The minimum atomic E-state index is 0.398. The van der Waals surface area contributed by atoms with E-state index in [1.807, 2.05) is 19.9 Å². The van der Waals surface area contributed by atoms with E-state index in [4.69, 9.17) is 0 Å². The monoisotopic (exact) mass is 246 g/mol. The SMILES string of the molecule is Cc1cc(C)nc(-n2ncnc2CNC(C)C)n1. The van der Waals surface area contributed by atoms with Gasteiger partial charge in [-0.15, -0.1) is 0 Å². The average molecular weight is 246 g/mol. The highest BCUT2D eigenvalue weighted by atomic mass is 15.4. The first-order valence-electron chi connectivity index (χ1n) is 6.01. The van der Waals surface area contributed by atoms with Gasteiger partial charge in [-0.05, 0) is 19.9 Å². The smallest absolute Gasteiger partial charge is 0.252 e. The lowest BCUT2D eigenvalue weighted by Crippen LogP contribution is -2.24. The number of aromatic nitrogens is 5. The third kappa shape index (κ3) is 2.89. The molecule has 2 heterocycles. The van der Waals surface area contributed by atoms with Crippen LogP contribution in [0, 0.1) is 13.8 Å². The number of aryl methyl sites for hydroxylation is 2. The van der Waals surface area contributed by atoms with Crippen molar-refractivity contribution < 1.29 is 0 Å². The summed E-state index contributed by atoms with van der Waals surface area (Å²) < 4.78 is 1.68. The van der Waals surface area contributed by atoms with E-state index in [0.29, 0.717) is 18.5 Å². The zero-order chi connectivity index (χ0) is 13.1. The number of hydrogen-bond acceptors (Lipinski definition) is 5. The fourth-order valence-corrected chi connectivity index (χ4v) is 1.65. The summed E-state index contributed by atoms with van der Waals surface area (Å²) in [4.78, 5) is 13.0. The second kappa shape index (κ2) is 5.22. The van der Waals surface area contributed by atoms with E-state index in [2.05, 4.69) is 39.2 Å². The number of nitrogens with zero attached hydrogens (tertiary/aromatic N) is 5. The van der Waals surface area contributed by atoms with Crippen molar-refractivity contribution in [3.63, 3.8) is 0 Å². The van der Waals surface area contributed by atoms with Crippen LogP contribution in [0.1, 0.15) is 31.1 Å². The molecule has 0 atom stereocenters. The van der Waals surface area contributed by atoms with E-state index >= 15 is 0 Å². The summed E-state index contributed by atoms with van der Waals surface area (Å²) in [5.74, 6) is 1.39. The molecular formula is C12H18N6. The maximum absolute atomic E-state index is 4.39. The molecule has 18 heavy (non-hydrogen) atoms. The molecule has 96 valence electrons. The Morgan fingerprint density at radius 1 is 1.22 bits per heavy atom. The molecule has 1 N–H and O–H groups in total. The van der Waals surface area contributed by atoms with Gasteiger partial charge in [-0.3, -0.25) is 0 Å². The summed E-state index contributed by atoms with van der Waals surface area (Å²) in [6.45, 7) is 8.72. The van der Waals surface area contributed by atoms with Gasteiger partial charge in [0, 0.05) is 17.4 Å². The molecule has 0 saturated carbocycles. The first kappa shape index (κ1) is 12.6. The largest absolute Gasteiger partial charge is 0.308 e. The Labute approximate surface area is 106 Å². The van der Waals surface area contributed by atoms with Crippen LogP contribution < -0.4 is 5.32 Å². The van der Waals surface area contributed by atoms with Gasteiger partial charge in [-0.1, -0.05) is 13.8 Å². The molecule has 0 fully saturated rings. The number of rotatable bonds is 4. The van der Waals surface area contributed by atoms with E-state index in [-0.39, 0.29) is 0 Å². The minimum Gasteiger partial charge on any atom is -0.308 e. The van der Waals surface area contributed by atoms with Crippen molar-refractivity contribution in [2.75, 3.05) is 0 Å². The number of hydrogen-bond donors (Lipinski definition) is 1. The summed E-state index contributed by atoms with van der Waals surface area (Å²) in [7, 11) is 0. The molecule has 0 aromatic carbocycles. The van der Waals surface area contributed by atoms with Crippen LogP contribution in [0.5, 0.6) is 0 Å². The van der Waals surface area contributed by atoms with Crippen molar-refractivity contribution >= 4 is 0 Å². The van der Waals surface area contributed by atoms with Crippen LogP contribution in [0.25, 0.3) is 5.95 Å². The van der Waals surface area contributed by atoms with E-state index in [1.54, 1.807) is 4.68 Å². The summed E-state index contributed by atoms with van der Waals surface area (Å²) in [5.41, 5.74) is 1.85. The molecule has 0 spiro atoms. The van der Waals surface area contributed by atoms with E-state index in [9.17, 15) is 0 Å². The Morgan fingerprint density at radius 3 is 2.50 bits per heavy atom. The van der Waals surface area contributed by atoms with Crippen LogP contribution >= 0.6 is 0 Å². The van der Waals surface area contributed by atoms with E-state index in [1.165, 1.54) is 6.33 Å². The first-order chi connectivity index (χ1) is 8.56. The molecule has 0 bridgehead atoms. The Bertz CT molecular complexity index is 511. The lowest BCUT2D eigenvalue weighted by molar-refractivity contribution is 0.559. The summed E-state index contributed by atoms with van der Waals surface area (Å²) in [6.07, 6.45) is 1.53. The van der Waals surface area contributed by atoms with Gasteiger partial charge in [-0.25, -0.2) is 15.0 Å². The summed E-state index contributed by atoms with van der Waals surface area (Å²) in [6, 6.07) is 2.34. The van der Waals surface area contributed by atoms with Gasteiger partial charge in [0.15, 0.2) is 0 Å². The highest BCUT2D eigenvalue weighted by Crippen LogP contribution is 2.06. The van der Waals surface area contributed by atoms with Crippen molar-refractivity contribution in [3.8, 4) is 5.95 Å². The fourth-order valence-electron chi connectivity index (χ4n) is 1.65. The molecule has 0 saturated heterocycles. The second-order valence-corrected chi connectivity index (χ2v) is 4.57. The third-order valence-corrected chi connectivity index (χ3v) is 2.45. The predicted octanol–water partition coefficient (Wildman–Crippen LogP) is 1.17. The maximum Gasteiger partial charge on any atom is 0.252 e. The van der Waals surface area contributed by atoms with Gasteiger partial charge in [-0.2, -0.15) is 9.78 Å². The number of nitrogens with one attached hydrogen (secondary N) is 1. The molecule has 6 heteroatoms. The lowest BCUT2D eigenvalue weighted by atomic mass is 10.3. The Balaban J connectivity index is 2.30. The van der Waals surface area contributed by atoms with Gasteiger partial charge >= 0.3 is 0 Å². The standard InChI is InChI=1S/C12H18N6/c1-8(2)13-6-11-14-7-15-18(11)12-16-9(3)5-10(4)17-12/h5,7-8,13H,6H2,1-4H3. The molecule has 0 unspecified atom stereocenters. The van der Waals surface area contributed by atoms with Crippen molar-refractivity contribution in [2.24, 2.45) is 0 Å². The molecule has 0 aliphatic carbocycles. The normalized spacial score (nSPS) is 11.2. The highest BCUT2D eigenvalue weighted by molar-refractivity contribution is 5.18. The van der Waals surface area contributed by atoms with Gasteiger partial charge in [0.05, 0.1) is 6.54 Å². The molecule has 2 rings (SSSR count). The fraction of sp³-hybridized carbons (Fsp3) is 0.500. The average Bonchev–Trinajstić information content (AvgIpc) is 2.72. The van der Waals surface area contributed by atoms with Crippen molar-refractivity contribution in [1.82, 2.24) is 30.0 Å². The van der Waals surface area contributed by atoms with Crippen LogP contribution in [0.4, 0.5) is 0 Å². The molecule has 0 aliphatic rings. The molecular weight excluding hydrogens is 228 g/mol. The first-order valence-corrected chi connectivity index (χ1v) is 6.01. The van der Waals surface area contributed by atoms with Crippen molar-refractivity contribution in [3.05, 3.63) is 29.6 Å². The maximum atomic E-state index is 4.39. The Morgan fingerprint density at radius 2 is 1.89 bits per heavy atom.